The van der Waals surface area contributed by atoms with Gasteiger partial charge >= 0.3 is 10.3 Å². The molecule has 0 fully saturated rings. The summed E-state index contributed by atoms with van der Waals surface area (Å²) in [6.07, 6.45) is 0.645. The van der Waals surface area contributed by atoms with Gasteiger partial charge in [0.15, 0.2) is 0 Å². The molecule has 0 saturated heterocycles. The Morgan fingerprint density at radius 1 is 1.57 bits per heavy atom. The van der Waals surface area contributed by atoms with Crippen molar-refractivity contribution < 1.29 is 17.8 Å². The van der Waals surface area contributed by atoms with Crippen molar-refractivity contribution in [3.63, 3.8) is 0 Å². The molecular weight excluding hydrogens is 122 g/mol. The molecule has 7 heavy (non-hydrogen) atoms. The van der Waals surface area contributed by atoms with Crippen LogP contribution in [0, 0.1) is 0 Å². The summed E-state index contributed by atoms with van der Waals surface area (Å²) in [5.74, 6) is 0. The number of nitrogens with zero attached hydrogens (tertiary/aromatic N) is 1. The Balaban J connectivity index is 4.44. The van der Waals surface area contributed by atoms with Gasteiger partial charge in [-0.1, -0.05) is 4.40 Å². The van der Waals surface area contributed by atoms with Crippen LogP contribution in [-0.4, -0.2) is 19.1 Å². The quantitative estimate of drug-likeness (QED) is 0.279. The molecule has 0 aromatic carbocycles. The second kappa shape index (κ2) is 1.83. The van der Waals surface area contributed by atoms with Gasteiger partial charge in [0.05, 0.1) is 0 Å². The van der Waals surface area contributed by atoms with E-state index in [1.807, 2.05) is 4.40 Å². The van der Waals surface area contributed by atoms with Crippen LogP contribution in [0.3, 0.4) is 0 Å². The first kappa shape index (κ1) is 6.29. The van der Waals surface area contributed by atoms with Crippen LogP contribution in [0.1, 0.15) is 0 Å². The first-order valence-electron chi connectivity index (χ1n) is 1.13. The highest BCUT2D eigenvalue weighted by molar-refractivity contribution is 7.84. The van der Waals surface area contributed by atoms with Crippen molar-refractivity contribution in [2.24, 2.45) is 4.40 Å². The Morgan fingerprint density at radius 3 is 2.00 bits per heavy atom. The molecule has 0 heterocycles. The lowest BCUT2D eigenvalue weighted by Crippen LogP contribution is -1.87. The van der Waals surface area contributed by atoms with Crippen molar-refractivity contribution in [2.45, 2.75) is 0 Å². The van der Waals surface area contributed by atoms with Gasteiger partial charge in [0, 0.05) is 0 Å². The zero-order valence-electron chi connectivity index (χ0n) is 3.03. The summed E-state index contributed by atoms with van der Waals surface area (Å²) in [7, 11) is -4.47. The summed E-state index contributed by atoms with van der Waals surface area (Å²) in [5.41, 5.74) is 0. The summed E-state index contributed by atoms with van der Waals surface area (Å²) in [6, 6.07) is 0. The molecular formula is CHNO4S. The zero-order valence-corrected chi connectivity index (χ0v) is 3.84. The maximum Gasteiger partial charge on any atom is 0.388 e. The molecule has 0 aliphatic carbocycles. The Morgan fingerprint density at radius 2 is 2.00 bits per heavy atom. The second-order valence-corrected chi connectivity index (χ2v) is 1.71. The minimum atomic E-state index is -4.47. The van der Waals surface area contributed by atoms with Gasteiger partial charge in [0.2, 0.25) is 0 Å². The van der Waals surface area contributed by atoms with E-state index in [2.05, 4.69) is 0 Å². The standard InChI is InChI=1S/CHNO4S/c3-1-2-7(4,5)6/h(H,4,5,6). The topological polar surface area (TPSA) is 83.8 Å². The van der Waals surface area contributed by atoms with Crippen LogP contribution < -0.4 is 0 Å². The van der Waals surface area contributed by atoms with E-state index >= 15 is 0 Å². The summed E-state index contributed by atoms with van der Waals surface area (Å²) in [5, 5.41) is 0. The Bertz CT molecular complexity index is 184. The molecule has 0 rings (SSSR count). The number of hydrogen-bond donors (Lipinski definition) is 1. The average molecular weight is 123 g/mol. The first-order valence-corrected chi connectivity index (χ1v) is 2.52. The zero-order chi connectivity index (χ0) is 5.91. The summed E-state index contributed by atoms with van der Waals surface area (Å²) in [6.45, 7) is 0. The third-order valence-corrected chi connectivity index (χ3v) is 0.458. The minimum Gasteiger partial charge on any atom is -0.267 e. The van der Waals surface area contributed by atoms with E-state index in [0.717, 1.165) is 0 Å². The minimum absolute atomic E-state index is 0.645. The van der Waals surface area contributed by atoms with Crippen molar-refractivity contribution in [1.29, 1.82) is 0 Å². The molecule has 0 saturated carbocycles. The highest BCUT2D eigenvalue weighted by Gasteiger charge is 1.93. The highest BCUT2D eigenvalue weighted by atomic mass is 32.2. The van der Waals surface area contributed by atoms with Gasteiger partial charge in [-0.15, -0.1) is 0 Å². The fraction of sp³-hybridized carbons (Fsp3) is 0. The molecule has 0 unspecified atom stereocenters. The normalized spacial score (nSPS) is 9.86. The summed E-state index contributed by atoms with van der Waals surface area (Å²) in [4.78, 5) is 8.99. The van der Waals surface area contributed by atoms with Gasteiger partial charge in [-0.2, -0.15) is 8.42 Å². The largest absolute Gasteiger partial charge is 0.388 e. The summed E-state index contributed by atoms with van der Waals surface area (Å²) < 4.78 is 28.3. The van der Waals surface area contributed by atoms with Gasteiger partial charge in [0.1, 0.15) is 0 Å². The fourth-order valence-electron chi connectivity index (χ4n) is 0.0471. The molecule has 0 atom stereocenters. The molecule has 40 valence electrons. The number of hydrogen-bond acceptors (Lipinski definition) is 3. The smallest absolute Gasteiger partial charge is 0.267 e. The van der Waals surface area contributed by atoms with E-state index in [1.54, 1.807) is 0 Å². The van der Waals surface area contributed by atoms with Crippen molar-refractivity contribution in [2.75, 3.05) is 0 Å². The molecule has 5 nitrogen and oxygen atoms in total. The van der Waals surface area contributed by atoms with Crippen molar-refractivity contribution in [1.82, 2.24) is 0 Å². The molecule has 0 aromatic heterocycles. The van der Waals surface area contributed by atoms with Crippen molar-refractivity contribution >= 4 is 16.4 Å². The van der Waals surface area contributed by atoms with Crippen LogP contribution in [0.2, 0.25) is 0 Å². The Labute approximate surface area is 39.6 Å². The molecule has 0 aliphatic rings. The average Bonchev–Trinajstić information content (AvgIpc) is 1.30. The Hall–Kier alpha value is -0.710. The van der Waals surface area contributed by atoms with Crippen LogP contribution in [0.15, 0.2) is 4.40 Å². The number of carbonyl (C=O) groups excluding carboxylic acids is 1. The molecule has 0 bridgehead atoms. The third kappa shape index (κ3) is 5.29. The van der Waals surface area contributed by atoms with Gasteiger partial charge in [-0.25, -0.2) is 4.79 Å². The van der Waals surface area contributed by atoms with E-state index in [1.165, 1.54) is 0 Å². The van der Waals surface area contributed by atoms with Crippen molar-refractivity contribution in [3.8, 4) is 0 Å². The van der Waals surface area contributed by atoms with Gasteiger partial charge in [-0.3, -0.25) is 4.55 Å². The Kier molecular flexibility index (Phi) is 1.65. The van der Waals surface area contributed by atoms with Gasteiger partial charge in [-0.05, 0) is 0 Å². The lowest BCUT2D eigenvalue weighted by Gasteiger charge is -1.70. The summed E-state index contributed by atoms with van der Waals surface area (Å²) >= 11 is 0. The van der Waals surface area contributed by atoms with Crippen LogP contribution >= 0.6 is 0 Å². The highest BCUT2D eigenvalue weighted by Crippen LogP contribution is 1.75. The van der Waals surface area contributed by atoms with E-state index in [0.29, 0.717) is 6.08 Å². The molecule has 0 aliphatic heterocycles. The van der Waals surface area contributed by atoms with Crippen LogP contribution in [0.5, 0.6) is 0 Å². The maximum absolute atomic E-state index is 9.36. The first-order chi connectivity index (χ1) is 3.06. The second-order valence-electron chi connectivity index (χ2n) is 0.630. The van der Waals surface area contributed by atoms with E-state index < -0.39 is 10.3 Å². The monoisotopic (exact) mass is 123 g/mol. The van der Waals surface area contributed by atoms with Crippen molar-refractivity contribution in [3.05, 3.63) is 0 Å². The van der Waals surface area contributed by atoms with Crippen LogP contribution in [-0.2, 0) is 15.1 Å². The molecule has 0 spiro atoms. The maximum atomic E-state index is 9.36. The third-order valence-electron chi connectivity index (χ3n) is 0.153. The van der Waals surface area contributed by atoms with E-state index in [4.69, 9.17) is 9.35 Å². The molecule has 0 amide bonds. The van der Waals surface area contributed by atoms with Crippen LogP contribution in [0.25, 0.3) is 0 Å². The lowest BCUT2D eigenvalue weighted by molar-refractivity contribution is 0.484. The van der Waals surface area contributed by atoms with Crippen LogP contribution in [0.4, 0.5) is 0 Å². The van der Waals surface area contributed by atoms with E-state index in [9.17, 15) is 8.42 Å². The number of rotatable bonds is 1. The van der Waals surface area contributed by atoms with Gasteiger partial charge < -0.3 is 0 Å². The molecule has 0 aromatic rings. The van der Waals surface area contributed by atoms with Gasteiger partial charge in [0.25, 0.3) is 6.08 Å². The lowest BCUT2D eigenvalue weighted by atomic mass is 11.7. The SMILES string of the molecule is O=C=NS(=O)(=O)O. The predicted octanol–water partition coefficient (Wildman–Crippen LogP) is -0.875. The molecule has 6 heteroatoms. The molecule has 1 N–H and O–H groups in total. The fourth-order valence-corrected chi connectivity index (χ4v) is 0.141. The predicted molar refractivity (Wildman–Crippen MR) is 19.7 cm³/mol. The van der Waals surface area contributed by atoms with E-state index in [-0.39, 0.29) is 0 Å². The number of isocyanates is 1. The molecule has 0 radical (unpaired) electrons.